The first-order valence-electron chi connectivity index (χ1n) is 15.1. The highest BCUT2D eigenvalue weighted by atomic mass is 35.5. The van der Waals surface area contributed by atoms with Crippen LogP contribution < -0.4 is 5.32 Å². The maximum Gasteiger partial charge on any atom is 0.410 e. The van der Waals surface area contributed by atoms with Crippen molar-refractivity contribution in [1.82, 2.24) is 19.8 Å². The van der Waals surface area contributed by atoms with Crippen molar-refractivity contribution in [3.8, 4) is 17.2 Å². The van der Waals surface area contributed by atoms with Gasteiger partial charge in [0, 0.05) is 65.3 Å². The highest BCUT2D eigenvalue weighted by Gasteiger charge is 2.39. The number of amides is 1. The van der Waals surface area contributed by atoms with E-state index >= 15 is 4.39 Å². The van der Waals surface area contributed by atoms with E-state index in [1.807, 2.05) is 12.1 Å². The zero-order valence-corrected chi connectivity index (χ0v) is 26.8. The Morgan fingerprint density at radius 2 is 2.04 bits per heavy atom. The molecular weight excluding hydrogens is 642 g/mol. The van der Waals surface area contributed by atoms with E-state index in [-0.39, 0.29) is 59.4 Å². The molecule has 2 aromatic carbocycles. The maximum absolute atomic E-state index is 16.9. The van der Waals surface area contributed by atoms with Gasteiger partial charge in [0.1, 0.15) is 5.52 Å². The quantitative estimate of drug-likeness (QED) is 0.213. The van der Waals surface area contributed by atoms with Crippen molar-refractivity contribution >= 4 is 51.1 Å². The summed E-state index contributed by atoms with van der Waals surface area (Å²) in [5, 5.41) is 14.6. The second kappa shape index (κ2) is 13.3. The highest BCUT2D eigenvalue weighted by Crippen LogP contribution is 2.45. The molecule has 0 spiro atoms. The monoisotopic (exact) mass is 673 g/mol. The molecule has 0 aliphatic carbocycles. The van der Waals surface area contributed by atoms with Crippen molar-refractivity contribution in [2.75, 3.05) is 26.7 Å². The number of ether oxygens (including phenoxy) is 2. The molecule has 2 saturated heterocycles. The first kappa shape index (κ1) is 32.4. The number of halogens is 5. The minimum absolute atomic E-state index is 0.0824. The first-order valence-corrected chi connectivity index (χ1v) is 15.9. The van der Waals surface area contributed by atoms with Crippen LogP contribution in [-0.4, -0.2) is 60.0 Å². The molecule has 13 heteroatoms. The second-order valence-electron chi connectivity index (χ2n) is 11.6. The van der Waals surface area contributed by atoms with Crippen LogP contribution in [0.1, 0.15) is 54.7 Å². The van der Waals surface area contributed by atoms with Crippen LogP contribution in [0.15, 0.2) is 30.3 Å². The number of nitrogens with zero attached hydrogens (tertiary/aromatic N) is 4. The summed E-state index contributed by atoms with van der Waals surface area (Å²) in [4.78, 5) is 19.3. The molecule has 8 nitrogen and oxygen atoms in total. The zero-order chi connectivity index (χ0) is 32.7. The van der Waals surface area contributed by atoms with E-state index in [9.17, 15) is 18.8 Å². The summed E-state index contributed by atoms with van der Waals surface area (Å²) >= 11 is 12.9. The lowest BCUT2D eigenvalue weighted by molar-refractivity contribution is -0.176. The maximum atomic E-state index is 16.9. The minimum Gasteiger partial charge on any atom is -0.453 e. The largest absolute Gasteiger partial charge is 0.453 e. The Morgan fingerprint density at radius 3 is 2.74 bits per heavy atom. The van der Waals surface area contributed by atoms with Gasteiger partial charge in [-0.1, -0.05) is 35.3 Å². The Bertz CT molecular complexity index is 1850. The van der Waals surface area contributed by atoms with Crippen molar-refractivity contribution in [2.24, 2.45) is 0 Å². The van der Waals surface area contributed by atoms with Crippen molar-refractivity contribution < 1.29 is 27.4 Å². The van der Waals surface area contributed by atoms with Crippen LogP contribution in [0.2, 0.25) is 10.0 Å². The number of methoxy groups -OCH3 is 1. The average Bonchev–Trinajstić information content (AvgIpc) is 3.71. The van der Waals surface area contributed by atoms with Gasteiger partial charge in [0.15, 0.2) is 5.82 Å². The van der Waals surface area contributed by atoms with Crippen LogP contribution in [0.4, 0.5) is 18.0 Å². The van der Waals surface area contributed by atoms with Crippen molar-refractivity contribution in [1.29, 1.82) is 5.26 Å². The topological polar surface area (TPSA) is 92.4 Å². The summed E-state index contributed by atoms with van der Waals surface area (Å²) in [7, 11) is 1.29. The smallest absolute Gasteiger partial charge is 0.410 e. The molecule has 46 heavy (non-hydrogen) atoms. The van der Waals surface area contributed by atoms with E-state index in [2.05, 4.69) is 16.0 Å². The minimum atomic E-state index is -2.95. The van der Waals surface area contributed by atoms with Crippen molar-refractivity contribution in [3.63, 3.8) is 0 Å². The summed E-state index contributed by atoms with van der Waals surface area (Å²) < 4.78 is 55.7. The summed E-state index contributed by atoms with van der Waals surface area (Å²) in [5.74, 6) is -0.585. The number of benzene rings is 2. The SMILES string of the molecule is COC(=O)N1CC[C@H](OC(F)F)C[C@@H]1c1cc2c(C)nc3c(F)c(-c4cccc(Cl)c4Cl)c(CCC#N)cc3c2n1[C@H]1CCNC1. The molecule has 4 aromatic rings. The number of alkyl halides is 2. The van der Waals surface area contributed by atoms with Gasteiger partial charge >= 0.3 is 12.7 Å². The van der Waals surface area contributed by atoms with E-state index < -0.39 is 30.7 Å². The fourth-order valence-corrected chi connectivity index (χ4v) is 7.40. The van der Waals surface area contributed by atoms with Gasteiger partial charge in [0.05, 0.1) is 40.9 Å². The number of carbonyl (C=O) groups excluding carboxylic acids is 1. The Labute approximate surface area is 274 Å². The predicted octanol–water partition coefficient (Wildman–Crippen LogP) is 8.11. The molecule has 0 saturated carbocycles. The fourth-order valence-electron chi connectivity index (χ4n) is 7.01. The molecule has 0 unspecified atom stereocenters. The molecule has 1 N–H and O–H groups in total. The van der Waals surface area contributed by atoms with Gasteiger partial charge in [-0.15, -0.1) is 0 Å². The first-order chi connectivity index (χ1) is 22.1. The van der Waals surface area contributed by atoms with Crippen molar-refractivity contribution in [2.45, 2.75) is 63.8 Å². The van der Waals surface area contributed by atoms with Gasteiger partial charge in [-0.25, -0.2) is 14.2 Å². The number of rotatable bonds is 7. The number of carbonyl (C=O) groups is 1. The van der Waals surface area contributed by atoms with E-state index in [0.29, 0.717) is 40.0 Å². The fraction of sp³-hybridized carbons (Fsp3) is 0.424. The molecule has 1 amide bonds. The third-order valence-corrected chi connectivity index (χ3v) is 9.86. The lowest BCUT2D eigenvalue weighted by atomic mass is 9.93. The molecule has 0 bridgehead atoms. The number of likely N-dealkylation sites (tertiary alicyclic amines) is 1. The normalized spacial score (nSPS) is 20.2. The molecule has 242 valence electrons. The highest BCUT2D eigenvalue weighted by molar-refractivity contribution is 6.43. The molecule has 2 fully saturated rings. The van der Waals surface area contributed by atoms with Crippen LogP contribution in [-0.2, 0) is 15.9 Å². The third kappa shape index (κ3) is 5.77. The standard InChI is InChI=1S/C33H32Cl2F3N5O3/c1-17-22-15-26(25-14-20(46-32(37)38)9-12-42(25)33(44)45-2)43(19-8-11-40-16-19)31(22)23-13-18(5-4-10-39)27(29(36)30(23)41-17)21-6-3-7-24(34)28(21)35/h3,6-7,13,15,19-20,25,32,40H,4-5,8-9,11-12,14,16H2,1-2H3/t19-,20-,25+/m0/s1. The van der Waals surface area contributed by atoms with Crippen molar-refractivity contribution in [3.05, 3.63) is 63.1 Å². The number of hydrogen-bond donors (Lipinski definition) is 1. The lowest BCUT2D eigenvalue weighted by Gasteiger charge is -2.39. The lowest BCUT2D eigenvalue weighted by Crippen LogP contribution is -2.44. The summed E-state index contributed by atoms with van der Waals surface area (Å²) in [6, 6.07) is 10.2. The zero-order valence-electron chi connectivity index (χ0n) is 25.3. The van der Waals surface area contributed by atoms with Crippen LogP contribution in [0.5, 0.6) is 0 Å². The van der Waals surface area contributed by atoms with Gasteiger partial charge in [-0.3, -0.25) is 4.90 Å². The number of nitrogens with one attached hydrogen (secondary N) is 1. The summed E-state index contributed by atoms with van der Waals surface area (Å²) in [5.41, 5.74) is 3.31. The van der Waals surface area contributed by atoms with E-state index in [0.717, 1.165) is 18.4 Å². The number of nitriles is 1. The third-order valence-electron chi connectivity index (χ3n) is 9.04. The van der Waals surface area contributed by atoms with Crippen LogP contribution >= 0.6 is 23.2 Å². The molecule has 2 aromatic heterocycles. The molecule has 0 radical (unpaired) electrons. The number of hydrogen-bond acceptors (Lipinski definition) is 6. The van der Waals surface area contributed by atoms with Gasteiger partial charge < -0.3 is 19.4 Å². The summed E-state index contributed by atoms with van der Waals surface area (Å²) in [6.45, 7) is 0.357. The molecular formula is C33H32Cl2F3N5O3. The van der Waals surface area contributed by atoms with Gasteiger partial charge in [-0.05, 0) is 56.5 Å². The number of aromatic nitrogens is 2. The predicted molar refractivity (Wildman–Crippen MR) is 170 cm³/mol. The number of piperidine rings is 1. The van der Waals surface area contributed by atoms with Crippen LogP contribution in [0, 0.1) is 24.1 Å². The second-order valence-corrected chi connectivity index (χ2v) is 12.4. The number of aryl methyl sites for hydroxylation is 2. The molecule has 2 aliphatic heterocycles. The Hall–Kier alpha value is -3.56. The Morgan fingerprint density at radius 1 is 1.24 bits per heavy atom. The van der Waals surface area contributed by atoms with E-state index in [4.69, 9.17) is 37.7 Å². The Balaban J connectivity index is 1.66. The number of fused-ring (bicyclic) bond motifs is 3. The van der Waals surface area contributed by atoms with Crippen LogP contribution in [0.25, 0.3) is 32.9 Å². The number of pyridine rings is 1. The van der Waals surface area contributed by atoms with Gasteiger partial charge in [0.25, 0.3) is 0 Å². The summed E-state index contributed by atoms with van der Waals surface area (Å²) in [6.07, 6.45) is 0.137. The van der Waals surface area contributed by atoms with Gasteiger partial charge in [-0.2, -0.15) is 14.0 Å². The van der Waals surface area contributed by atoms with Gasteiger partial charge in [0.2, 0.25) is 0 Å². The van der Waals surface area contributed by atoms with Crippen LogP contribution in [0.3, 0.4) is 0 Å². The molecule has 3 atom stereocenters. The average molecular weight is 675 g/mol. The van der Waals surface area contributed by atoms with E-state index in [1.54, 1.807) is 30.0 Å². The molecule has 6 rings (SSSR count). The molecule has 4 heterocycles. The Kier molecular flexibility index (Phi) is 9.35. The van der Waals surface area contributed by atoms with E-state index in [1.165, 1.54) is 7.11 Å². The molecule has 2 aliphatic rings.